The van der Waals surface area contributed by atoms with Crippen molar-refractivity contribution in [2.75, 3.05) is 20.1 Å². The van der Waals surface area contributed by atoms with Crippen molar-refractivity contribution in [2.24, 2.45) is 0 Å². The van der Waals surface area contributed by atoms with E-state index in [0.29, 0.717) is 18.4 Å². The number of rotatable bonds is 1. The summed E-state index contributed by atoms with van der Waals surface area (Å²) in [6.07, 6.45) is 2.14. The van der Waals surface area contributed by atoms with Crippen molar-refractivity contribution in [1.29, 1.82) is 0 Å². The lowest BCUT2D eigenvalue weighted by atomic mass is 9.86. The lowest BCUT2D eigenvalue weighted by molar-refractivity contribution is 0.0184. The molecule has 2 rings (SSSR count). The molecule has 1 aromatic rings. The standard InChI is InChI=1S/C14H20FNO/c1-11-4-5-13(15)12(10-11)14(17)6-3-8-16(2)9-7-14/h4-5,10,17H,3,6-9H2,1-2H3. The monoisotopic (exact) mass is 237 g/mol. The first kappa shape index (κ1) is 12.5. The fraction of sp³-hybridized carbons (Fsp3) is 0.571. The summed E-state index contributed by atoms with van der Waals surface area (Å²) in [6.45, 7) is 3.70. The van der Waals surface area contributed by atoms with E-state index < -0.39 is 5.60 Å². The molecule has 1 aliphatic heterocycles. The summed E-state index contributed by atoms with van der Waals surface area (Å²) in [5.41, 5.74) is 0.459. The fourth-order valence-electron chi connectivity index (χ4n) is 2.52. The quantitative estimate of drug-likeness (QED) is 0.811. The first-order chi connectivity index (χ1) is 8.01. The van der Waals surface area contributed by atoms with Gasteiger partial charge >= 0.3 is 0 Å². The summed E-state index contributed by atoms with van der Waals surface area (Å²) in [7, 11) is 2.04. The minimum Gasteiger partial charge on any atom is -0.385 e. The van der Waals surface area contributed by atoms with E-state index in [1.165, 1.54) is 6.07 Å². The molecule has 0 radical (unpaired) electrons. The van der Waals surface area contributed by atoms with Gasteiger partial charge in [0.2, 0.25) is 0 Å². The van der Waals surface area contributed by atoms with Crippen molar-refractivity contribution in [3.8, 4) is 0 Å². The van der Waals surface area contributed by atoms with Crippen molar-refractivity contribution in [3.63, 3.8) is 0 Å². The van der Waals surface area contributed by atoms with Crippen molar-refractivity contribution < 1.29 is 9.50 Å². The van der Waals surface area contributed by atoms with Crippen LogP contribution in [0, 0.1) is 12.7 Å². The van der Waals surface area contributed by atoms with E-state index in [1.54, 1.807) is 12.1 Å². The molecule has 1 saturated heterocycles. The molecule has 94 valence electrons. The van der Waals surface area contributed by atoms with E-state index in [9.17, 15) is 9.50 Å². The van der Waals surface area contributed by atoms with Crippen LogP contribution in [-0.2, 0) is 5.60 Å². The van der Waals surface area contributed by atoms with E-state index in [0.717, 1.165) is 25.1 Å². The average Bonchev–Trinajstić information content (AvgIpc) is 2.46. The van der Waals surface area contributed by atoms with Gasteiger partial charge in [0.25, 0.3) is 0 Å². The first-order valence-electron chi connectivity index (χ1n) is 6.19. The molecule has 0 saturated carbocycles. The smallest absolute Gasteiger partial charge is 0.129 e. The van der Waals surface area contributed by atoms with E-state index >= 15 is 0 Å². The molecule has 3 heteroatoms. The van der Waals surface area contributed by atoms with Crippen LogP contribution in [-0.4, -0.2) is 30.1 Å². The molecule has 0 aromatic heterocycles. The van der Waals surface area contributed by atoms with Crippen LogP contribution in [0.1, 0.15) is 30.4 Å². The fourth-order valence-corrected chi connectivity index (χ4v) is 2.52. The summed E-state index contributed by atoms with van der Waals surface area (Å²) >= 11 is 0. The Morgan fingerprint density at radius 3 is 2.82 bits per heavy atom. The minimum absolute atomic E-state index is 0.289. The molecule has 1 unspecified atom stereocenters. The summed E-state index contributed by atoms with van der Waals surface area (Å²) in [4.78, 5) is 2.19. The van der Waals surface area contributed by atoms with Gasteiger partial charge in [-0.1, -0.05) is 17.7 Å². The van der Waals surface area contributed by atoms with Crippen molar-refractivity contribution >= 4 is 0 Å². The Balaban J connectivity index is 2.33. The van der Waals surface area contributed by atoms with Gasteiger partial charge < -0.3 is 10.0 Å². The van der Waals surface area contributed by atoms with Crippen molar-refractivity contribution in [1.82, 2.24) is 4.90 Å². The number of hydrogen-bond acceptors (Lipinski definition) is 2. The molecule has 0 amide bonds. The molecule has 1 heterocycles. The highest BCUT2D eigenvalue weighted by atomic mass is 19.1. The maximum absolute atomic E-state index is 13.9. The van der Waals surface area contributed by atoms with Gasteiger partial charge in [-0.05, 0) is 45.8 Å². The zero-order valence-corrected chi connectivity index (χ0v) is 10.5. The van der Waals surface area contributed by atoms with E-state index in [1.807, 2.05) is 14.0 Å². The Morgan fingerprint density at radius 1 is 1.29 bits per heavy atom. The Kier molecular flexibility index (Phi) is 3.50. The Hall–Kier alpha value is -0.930. The van der Waals surface area contributed by atoms with Gasteiger partial charge in [0.05, 0.1) is 5.60 Å². The molecular formula is C14H20FNO. The molecule has 17 heavy (non-hydrogen) atoms. The van der Waals surface area contributed by atoms with Crippen LogP contribution in [0.15, 0.2) is 18.2 Å². The van der Waals surface area contributed by atoms with Crippen LogP contribution in [0.3, 0.4) is 0 Å². The molecule has 1 atom stereocenters. The second-order valence-electron chi connectivity index (χ2n) is 5.17. The highest BCUT2D eigenvalue weighted by Crippen LogP contribution is 2.34. The number of likely N-dealkylation sites (tertiary alicyclic amines) is 1. The zero-order chi connectivity index (χ0) is 12.5. The number of hydrogen-bond donors (Lipinski definition) is 1. The Morgan fingerprint density at radius 2 is 2.06 bits per heavy atom. The van der Waals surface area contributed by atoms with Crippen molar-refractivity contribution in [2.45, 2.75) is 31.8 Å². The number of benzene rings is 1. The van der Waals surface area contributed by atoms with Gasteiger partial charge in [0.1, 0.15) is 5.82 Å². The maximum Gasteiger partial charge on any atom is 0.129 e. The van der Waals surface area contributed by atoms with Gasteiger partial charge in [-0.15, -0.1) is 0 Å². The van der Waals surface area contributed by atoms with E-state index in [-0.39, 0.29) is 5.82 Å². The number of aryl methyl sites for hydroxylation is 1. The second-order valence-corrected chi connectivity index (χ2v) is 5.17. The molecule has 0 aliphatic carbocycles. The van der Waals surface area contributed by atoms with Gasteiger partial charge in [-0.2, -0.15) is 0 Å². The van der Waals surface area contributed by atoms with Crippen LogP contribution in [0.4, 0.5) is 4.39 Å². The van der Waals surface area contributed by atoms with Crippen LogP contribution in [0.2, 0.25) is 0 Å². The lowest BCUT2D eigenvalue weighted by Gasteiger charge is -2.28. The molecule has 1 aromatic carbocycles. The molecule has 1 aliphatic rings. The van der Waals surface area contributed by atoms with Gasteiger partial charge in [-0.3, -0.25) is 0 Å². The van der Waals surface area contributed by atoms with E-state index in [2.05, 4.69) is 4.90 Å². The zero-order valence-electron chi connectivity index (χ0n) is 10.5. The summed E-state index contributed by atoms with van der Waals surface area (Å²) < 4.78 is 13.9. The topological polar surface area (TPSA) is 23.5 Å². The number of nitrogens with zero attached hydrogens (tertiary/aromatic N) is 1. The lowest BCUT2D eigenvalue weighted by Crippen LogP contribution is -2.29. The van der Waals surface area contributed by atoms with Crippen molar-refractivity contribution in [3.05, 3.63) is 35.1 Å². The van der Waals surface area contributed by atoms with Crippen LogP contribution in [0.5, 0.6) is 0 Å². The third-order valence-electron chi connectivity index (χ3n) is 3.66. The molecular weight excluding hydrogens is 217 g/mol. The molecule has 1 fully saturated rings. The van der Waals surface area contributed by atoms with Gasteiger partial charge in [0.15, 0.2) is 0 Å². The summed E-state index contributed by atoms with van der Waals surface area (Å²) in [6, 6.07) is 4.98. The van der Waals surface area contributed by atoms with Crippen LogP contribution < -0.4 is 0 Å². The highest BCUT2D eigenvalue weighted by Gasteiger charge is 2.33. The Labute approximate surface area is 102 Å². The minimum atomic E-state index is -0.999. The predicted octanol–water partition coefficient (Wildman–Crippen LogP) is 2.44. The molecule has 2 nitrogen and oxygen atoms in total. The van der Waals surface area contributed by atoms with Crippen LogP contribution in [0.25, 0.3) is 0 Å². The first-order valence-corrected chi connectivity index (χ1v) is 6.19. The highest BCUT2D eigenvalue weighted by molar-refractivity contribution is 5.29. The summed E-state index contributed by atoms with van der Waals surface area (Å²) in [5, 5.41) is 10.7. The molecule has 1 N–H and O–H groups in total. The summed E-state index contributed by atoms with van der Waals surface area (Å²) in [5.74, 6) is -0.289. The molecule has 0 spiro atoms. The number of aliphatic hydroxyl groups is 1. The van der Waals surface area contributed by atoms with Crippen LogP contribution >= 0.6 is 0 Å². The predicted molar refractivity (Wildman–Crippen MR) is 66.4 cm³/mol. The largest absolute Gasteiger partial charge is 0.385 e. The number of halogens is 1. The van der Waals surface area contributed by atoms with Gasteiger partial charge in [0, 0.05) is 12.1 Å². The SMILES string of the molecule is Cc1ccc(F)c(C2(O)CCCN(C)CC2)c1. The maximum atomic E-state index is 13.9. The third-order valence-corrected chi connectivity index (χ3v) is 3.66. The third kappa shape index (κ3) is 2.67. The van der Waals surface area contributed by atoms with E-state index in [4.69, 9.17) is 0 Å². The Bertz CT molecular complexity index is 407. The second kappa shape index (κ2) is 4.75. The average molecular weight is 237 g/mol. The normalized spacial score (nSPS) is 26.8. The van der Waals surface area contributed by atoms with Gasteiger partial charge in [-0.25, -0.2) is 4.39 Å². The molecule has 0 bridgehead atoms.